The van der Waals surface area contributed by atoms with Crippen LogP contribution in [-0.4, -0.2) is 21.8 Å². The first-order valence-electron chi connectivity index (χ1n) is 5.24. The third-order valence-electron chi connectivity index (χ3n) is 2.94. The van der Waals surface area contributed by atoms with Crippen LogP contribution in [0.3, 0.4) is 0 Å². The minimum absolute atomic E-state index is 0.209. The molecule has 0 unspecified atom stereocenters. The third kappa shape index (κ3) is 1.71. The van der Waals surface area contributed by atoms with Crippen LogP contribution >= 0.6 is 0 Å². The molecular weight excluding hydrogens is 220 g/mol. The van der Waals surface area contributed by atoms with Crippen molar-refractivity contribution in [3.63, 3.8) is 0 Å². The Balaban J connectivity index is 2.74. The van der Waals surface area contributed by atoms with Crippen LogP contribution in [-0.2, 0) is 13.2 Å². The Morgan fingerprint density at radius 3 is 2.41 bits per heavy atom. The largest absolute Gasteiger partial charge is 0.392 e. The molecule has 17 heavy (non-hydrogen) atoms. The maximum Gasteiger partial charge on any atom is 0.189 e. The van der Waals surface area contributed by atoms with Crippen LogP contribution in [0.1, 0.15) is 38.8 Å². The van der Waals surface area contributed by atoms with Crippen molar-refractivity contribution in [3.8, 4) is 0 Å². The zero-order valence-electron chi connectivity index (χ0n) is 9.36. The van der Waals surface area contributed by atoms with Crippen LogP contribution in [0.4, 0.5) is 0 Å². The molecule has 0 atom stereocenters. The summed E-state index contributed by atoms with van der Waals surface area (Å²) in [6, 6.07) is 3.09. The monoisotopic (exact) mass is 232 g/mol. The fourth-order valence-corrected chi connectivity index (χ4v) is 2.04. The molecule has 4 nitrogen and oxygen atoms in total. The normalized spacial score (nSPS) is 14.6. The van der Waals surface area contributed by atoms with Gasteiger partial charge in [0.1, 0.15) is 0 Å². The van der Waals surface area contributed by atoms with Gasteiger partial charge in [0.2, 0.25) is 0 Å². The number of aliphatic hydroxyl groups is 2. The summed E-state index contributed by atoms with van der Waals surface area (Å²) in [6.45, 7) is 0.945. The van der Waals surface area contributed by atoms with Crippen LogP contribution in [0.2, 0.25) is 0 Å². The number of allylic oxidation sites excluding steroid dienone is 2. The number of aliphatic hydroxyl groups excluding tert-OH is 2. The quantitative estimate of drug-likeness (QED) is 0.797. The summed E-state index contributed by atoms with van der Waals surface area (Å²) < 4.78 is 0. The summed E-state index contributed by atoms with van der Waals surface area (Å²) >= 11 is 0. The van der Waals surface area contributed by atoms with Crippen LogP contribution < -0.4 is 0 Å². The van der Waals surface area contributed by atoms with E-state index in [1.54, 1.807) is 13.0 Å². The number of fused-ring (bicyclic) bond motifs is 1. The molecular formula is C13H12O4. The average Bonchev–Trinajstić information content (AvgIpc) is 2.34. The smallest absolute Gasteiger partial charge is 0.189 e. The second-order valence-corrected chi connectivity index (χ2v) is 3.96. The second kappa shape index (κ2) is 4.24. The van der Waals surface area contributed by atoms with Gasteiger partial charge in [-0.2, -0.15) is 0 Å². The van der Waals surface area contributed by atoms with Crippen molar-refractivity contribution in [2.45, 2.75) is 20.1 Å². The SMILES string of the molecule is CC1=CC(=O)c2c(ccc(CO)c2CO)C1=O. The maximum absolute atomic E-state index is 11.9. The molecule has 88 valence electrons. The molecule has 0 aliphatic heterocycles. The average molecular weight is 232 g/mol. The van der Waals surface area contributed by atoms with E-state index in [1.165, 1.54) is 12.1 Å². The van der Waals surface area contributed by atoms with Crippen molar-refractivity contribution in [1.29, 1.82) is 0 Å². The lowest BCUT2D eigenvalue weighted by molar-refractivity contribution is 0.0982. The van der Waals surface area contributed by atoms with E-state index in [4.69, 9.17) is 5.11 Å². The number of Topliss-reactive ketones (excluding diaryl/α,β-unsaturated/α-hetero) is 1. The molecule has 0 amide bonds. The number of hydrogen-bond acceptors (Lipinski definition) is 4. The molecule has 1 aliphatic carbocycles. The highest BCUT2D eigenvalue weighted by Gasteiger charge is 2.26. The van der Waals surface area contributed by atoms with Gasteiger partial charge in [-0.1, -0.05) is 6.07 Å². The molecule has 0 saturated heterocycles. The minimum atomic E-state index is -0.370. The van der Waals surface area contributed by atoms with Crippen molar-refractivity contribution in [1.82, 2.24) is 0 Å². The fourth-order valence-electron chi connectivity index (χ4n) is 2.04. The maximum atomic E-state index is 11.9. The molecule has 0 fully saturated rings. The van der Waals surface area contributed by atoms with Crippen molar-refractivity contribution < 1.29 is 19.8 Å². The molecule has 4 heteroatoms. The first kappa shape index (κ1) is 11.7. The van der Waals surface area contributed by atoms with E-state index in [1.807, 2.05) is 0 Å². The number of ketones is 2. The lowest BCUT2D eigenvalue weighted by Gasteiger charge is -2.17. The molecule has 0 aromatic heterocycles. The van der Waals surface area contributed by atoms with E-state index in [0.29, 0.717) is 22.3 Å². The predicted octanol–water partition coefficient (Wildman–Crippen LogP) is 0.997. The molecule has 1 aromatic rings. The molecule has 0 bridgehead atoms. The molecule has 1 aliphatic rings. The predicted molar refractivity (Wildman–Crippen MR) is 60.7 cm³/mol. The third-order valence-corrected chi connectivity index (χ3v) is 2.94. The molecule has 0 saturated carbocycles. The van der Waals surface area contributed by atoms with Crippen molar-refractivity contribution in [3.05, 3.63) is 46.0 Å². The number of carbonyl (C=O) groups is 2. The Bertz CT molecular complexity index is 541. The Morgan fingerprint density at radius 2 is 1.82 bits per heavy atom. The van der Waals surface area contributed by atoms with Gasteiger partial charge >= 0.3 is 0 Å². The summed E-state index contributed by atoms with van der Waals surface area (Å²) in [7, 11) is 0. The highest BCUT2D eigenvalue weighted by atomic mass is 16.3. The van der Waals surface area contributed by atoms with Crippen LogP contribution in [0, 0.1) is 0 Å². The van der Waals surface area contributed by atoms with E-state index < -0.39 is 0 Å². The van der Waals surface area contributed by atoms with Crippen LogP contribution in [0.5, 0.6) is 0 Å². The highest BCUT2D eigenvalue weighted by Crippen LogP contribution is 2.27. The van der Waals surface area contributed by atoms with Crippen molar-refractivity contribution in [2.24, 2.45) is 0 Å². The van der Waals surface area contributed by atoms with Gasteiger partial charge in [-0.15, -0.1) is 0 Å². The standard InChI is InChI=1S/C13H12O4/c1-7-4-11(16)12-9(13(7)17)3-2-8(5-14)10(12)6-15/h2-4,14-15H,5-6H2,1H3. The van der Waals surface area contributed by atoms with E-state index in [2.05, 4.69) is 0 Å². The Morgan fingerprint density at radius 1 is 1.12 bits per heavy atom. The van der Waals surface area contributed by atoms with E-state index in [-0.39, 0.29) is 30.3 Å². The summed E-state index contributed by atoms with van der Waals surface area (Å²) in [5, 5.41) is 18.4. The van der Waals surface area contributed by atoms with E-state index in [9.17, 15) is 14.7 Å². The van der Waals surface area contributed by atoms with E-state index in [0.717, 1.165) is 0 Å². The molecule has 0 spiro atoms. The molecule has 2 rings (SSSR count). The molecule has 0 radical (unpaired) electrons. The lowest BCUT2D eigenvalue weighted by atomic mass is 9.85. The topological polar surface area (TPSA) is 74.6 Å². The number of rotatable bonds is 2. The van der Waals surface area contributed by atoms with Crippen LogP contribution in [0.25, 0.3) is 0 Å². The molecule has 0 heterocycles. The van der Waals surface area contributed by atoms with Gasteiger partial charge in [0.25, 0.3) is 0 Å². The van der Waals surface area contributed by atoms with Gasteiger partial charge in [0, 0.05) is 16.7 Å². The Labute approximate surface area is 98.2 Å². The second-order valence-electron chi connectivity index (χ2n) is 3.96. The van der Waals surface area contributed by atoms with Gasteiger partial charge in [-0.05, 0) is 30.2 Å². The molecule has 1 aromatic carbocycles. The minimum Gasteiger partial charge on any atom is -0.392 e. The lowest BCUT2D eigenvalue weighted by Crippen LogP contribution is -2.19. The number of benzene rings is 1. The number of hydrogen-bond donors (Lipinski definition) is 2. The van der Waals surface area contributed by atoms with Gasteiger partial charge in [0.15, 0.2) is 11.6 Å². The fraction of sp³-hybridized carbons (Fsp3) is 0.231. The first-order valence-corrected chi connectivity index (χ1v) is 5.24. The highest BCUT2D eigenvalue weighted by molar-refractivity contribution is 6.24. The summed E-state index contributed by atoms with van der Waals surface area (Å²) in [6.07, 6.45) is 1.27. The molecule has 2 N–H and O–H groups in total. The summed E-state index contributed by atoms with van der Waals surface area (Å²) in [5.41, 5.74) is 1.72. The Kier molecular flexibility index (Phi) is 2.92. The van der Waals surface area contributed by atoms with Gasteiger partial charge in [-0.3, -0.25) is 9.59 Å². The van der Waals surface area contributed by atoms with Crippen LogP contribution in [0.15, 0.2) is 23.8 Å². The van der Waals surface area contributed by atoms with Gasteiger partial charge < -0.3 is 10.2 Å². The van der Waals surface area contributed by atoms with Crippen molar-refractivity contribution >= 4 is 11.6 Å². The Hall–Kier alpha value is -1.78. The van der Waals surface area contributed by atoms with Gasteiger partial charge in [-0.25, -0.2) is 0 Å². The number of carbonyl (C=O) groups excluding carboxylic acids is 2. The summed E-state index contributed by atoms with van der Waals surface area (Å²) in [5.74, 6) is -0.504. The summed E-state index contributed by atoms with van der Waals surface area (Å²) in [4.78, 5) is 23.7. The van der Waals surface area contributed by atoms with E-state index >= 15 is 0 Å². The van der Waals surface area contributed by atoms with Gasteiger partial charge in [0.05, 0.1) is 13.2 Å². The van der Waals surface area contributed by atoms with Crippen molar-refractivity contribution in [2.75, 3.05) is 0 Å². The zero-order chi connectivity index (χ0) is 12.6. The first-order chi connectivity index (χ1) is 8.10. The zero-order valence-corrected chi connectivity index (χ0v) is 9.36.